The molecule has 0 aromatic heterocycles. The van der Waals surface area contributed by atoms with Crippen LogP contribution in [0, 0.1) is 5.92 Å². The Labute approximate surface area is 133 Å². The molecule has 2 bridgehead atoms. The van der Waals surface area contributed by atoms with E-state index in [9.17, 15) is 4.79 Å². The standard InChI is InChI=1S/C19H26N2O/c1-2-3-4-11-17-19(14-8-7-12-21(17)13-14)15-9-5-6-10-16(15)20-18(19)22/h5-6,9-10,14,17H,2-4,7-8,11-13H2,1H3,(H,20,22)/t14-,17+,19+/m0/s1. The number of amides is 1. The first-order chi connectivity index (χ1) is 10.8. The zero-order valence-electron chi connectivity index (χ0n) is 13.5. The van der Waals surface area contributed by atoms with Crippen LogP contribution < -0.4 is 5.32 Å². The van der Waals surface area contributed by atoms with Gasteiger partial charge in [-0.2, -0.15) is 0 Å². The van der Waals surface area contributed by atoms with Gasteiger partial charge in [-0.1, -0.05) is 44.4 Å². The average Bonchev–Trinajstić information content (AvgIpc) is 2.95. The third-order valence-electron chi connectivity index (χ3n) is 6.14. The monoisotopic (exact) mass is 298 g/mol. The van der Waals surface area contributed by atoms with E-state index in [0.717, 1.165) is 18.7 Å². The average molecular weight is 298 g/mol. The Kier molecular flexibility index (Phi) is 3.48. The number of hydrogen-bond donors (Lipinski definition) is 1. The van der Waals surface area contributed by atoms with Gasteiger partial charge in [0.05, 0.1) is 5.41 Å². The Morgan fingerprint density at radius 1 is 1.32 bits per heavy atom. The number of hydrogen-bond acceptors (Lipinski definition) is 2. The van der Waals surface area contributed by atoms with E-state index in [-0.39, 0.29) is 11.3 Å². The smallest absolute Gasteiger partial charge is 0.237 e. The second kappa shape index (κ2) is 5.38. The van der Waals surface area contributed by atoms with Crippen LogP contribution in [0.4, 0.5) is 5.69 Å². The number of unbranched alkanes of at least 4 members (excludes halogenated alkanes) is 2. The molecule has 3 aliphatic heterocycles. The maximum Gasteiger partial charge on any atom is 0.237 e. The van der Waals surface area contributed by atoms with Gasteiger partial charge in [0.15, 0.2) is 0 Å². The molecule has 1 N–H and O–H groups in total. The molecular weight excluding hydrogens is 272 g/mol. The van der Waals surface area contributed by atoms with E-state index in [1.54, 1.807) is 0 Å². The Balaban J connectivity index is 1.77. The first-order valence-corrected chi connectivity index (χ1v) is 8.93. The normalized spacial score (nSPS) is 35.7. The molecule has 1 amide bonds. The van der Waals surface area contributed by atoms with E-state index in [2.05, 4.69) is 35.3 Å². The minimum Gasteiger partial charge on any atom is -0.325 e. The van der Waals surface area contributed by atoms with E-state index in [4.69, 9.17) is 0 Å². The van der Waals surface area contributed by atoms with Gasteiger partial charge in [-0.3, -0.25) is 9.69 Å². The number of carbonyl (C=O) groups excluding carboxylic acids is 1. The highest BCUT2D eigenvalue weighted by atomic mass is 16.2. The predicted octanol–water partition coefficient (Wildman–Crippen LogP) is 3.55. The first kappa shape index (κ1) is 14.3. The van der Waals surface area contributed by atoms with Crippen LogP contribution in [0.15, 0.2) is 24.3 Å². The van der Waals surface area contributed by atoms with Gasteiger partial charge in [0.25, 0.3) is 0 Å². The van der Waals surface area contributed by atoms with Crippen LogP contribution in [-0.4, -0.2) is 29.9 Å². The Bertz CT molecular complexity index is 585. The summed E-state index contributed by atoms with van der Waals surface area (Å²) in [5, 5.41) is 3.20. The van der Waals surface area contributed by atoms with Gasteiger partial charge in [0.1, 0.15) is 0 Å². The Morgan fingerprint density at radius 2 is 2.18 bits per heavy atom. The molecule has 1 spiro atoms. The third-order valence-corrected chi connectivity index (χ3v) is 6.14. The fourth-order valence-corrected chi connectivity index (χ4v) is 5.26. The molecule has 3 aliphatic rings. The second-order valence-electron chi connectivity index (χ2n) is 7.21. The zero-order chi connectivity index (χ0) is 15.2. The number of nitrogens with zero attached hydrogens (tertiary/aromatic N) is 1. The number of fused-ring (bicyclic) bond motifs is 5. The summed E-state index contributed by atoms with van der Waals surface area (Å²) < 4.78 is 0. The lowest BCUT2D eigenvalue weighted by Gasteiger charge is -2.34. The highest BCUT2D eigenvalue weighted by Gasteiger charge is 2.63. The van der Waals surface area contributed by atoms with Gasteiger partial charge in [0, 0.05) is 18.3 Å². The molecule has 118 valence electrons. The number of rotatable bonds is 4. The summed E-state index contributed by atoms with van der Waals surface area (Å²) >= 11 is 0. The van der Waals surface area contributed by atoms with Crippen LogP contribution in [0.2, 0.25) is 0 Å². The van der Waals surface area contributed by atoms with Crippen LogP contribution in [0.5, 0.6) is 0 Å². The number of para-hydroxylation sites is 1. The molecule has 3 heteroatoms. The van der Waals surface area contributed by atoms with E-state index in [1.165, 1.54) is 44.2 Å². The van der Waals surface area contributed by atoms with Crippen molar-refractivity contribution in [2.45, 2.75) is 56.9 Å². The molecule has 1 unspecified atom stereocenters. The molecule has 0 aliphatic carbocycles. The highest BCUT2D eigenvalue weighted by Crippen LogP contribution is 2.55. The molecule has 0 saturated carbocycles. The quantitative estimate of drug-likeness (QED) is 0.862. The number of carbonyl (C=O) groups is 1. The minimum atomic E-state index is -0.277. The van der Waals surface area contributed by atoms with Gasteiger partial charge in [0.2, 0.25) is 5.91 Å². The van der Waals surface area contributed by atoms with Crippen molar-refractivity contribution in [3.8, 4) is 0 Å². The van der Waals surface area contributed by atoms with Gasteiger partial charge in [-0.05, 0) is 43.4 Å². The highest BCUT2D eigenvalue weighted by molar-refractivity contribution is 6.07. The summed E-state index contributed by atoms with van der Waals surface area (Å²) in [7, 11) is 0. The number of piperidine rings is 1. The van der Waals surface area contributed by atoms with Crippen LogP contribution in [0.3, 0.4) is 0 Å². The van der Waals surface area contributed by atoms with Gasteiger partial charge in [-0.15, -0.1) is 0 Å². The van der Waals surface area contributed by atoms with Crippen molar-refractivity contribution in [3.63, 3.8) is 0 Å². The van der Waals surface area contributed by atoms with Crippen molar-refractivity contribution in [2.75, 3.05) is 18.4 Å². The van der Waals surface area contributed by atoms with Crippen molar-refractivity contribution in [2.24, 2.45) is 5.92 Å². The van der Waals surface area contributed by atoms with Crippen molar-refractivity contribution in [3.05, 3.63) is 29.8 Å². The Morgan fingerprint density at radius 3 is 3.05 bits per heavy atom. The third kappa shape index (κ3) is 1.81. The number of benzene rings is 1. The summed E-state index contributed by atoms with van der Waals surface area (Å²) in [4.78, 5) is 15.7. The lowest BCUT2D eigenvalue weighted by molar-refractivity contribution is -0.123. The fraction of sp³-hybridized carbons (Fsp3) is 0.632. The van der Waals surface area contributed by atoms with Crippen LogP contribution in [-0.2, 0) is 10.2 Å². The second-order valence-corrected chi connectivity index (χ2v) is 7.21. The summed E-state index contributed by atoms with van der Waals surface area (Å²) in [6.45, 7) is 4.53. The van der Waals surface area contributed by atoms with Crippen molar-refractivity contribution in [1.82, 2.24) is 4.90 Å². The van der Waals surface area contributed by atoms with E-state index >= 15 is 0 Å². The van der Waals surface area contributed by atoms with E-state index < -0.39 is 0 Å². The lowest BCUT2D eigenvalue weighted by Crippen LogP contribution is -2.48. The molecule has 2 saturated heterocycles. The summed E-state index contributed by atoms with van der Waals surface area (Å²) in [5.74, 6) is 0.765. The van der Waals surface area contributed by atoms with Crippen molar-refractivity contribution < 1.29 is 4.79 Å². The van der Waals surface area contributed by atoms with Gasteiger partial charge < -0.3 is 5.32 Å². The number of nitrogens with one attached hydrogen (secondary N) is 1. The van der Waals surface area contributed by atoms with Crippen molar-refractivity contribution >= 4 is 11.6 Å². The van der Waals surface area contributed by atoms with Crippen LogP contribution in [0.1, 0.15) is 51.0 Å². The predicted molar refractivity (Wildman–Crippen MR) is 89.0 cm³/mol. The van der Waals surface area contributed by atoms with Gasteiger partial charge in [-0.25, -0.2) is 0 Å². The molecule has 3 nitrogen and oxygen atoms in total. The molecular formula is C19H26N2O. The summed E-state index contributed by atoms with van der Waals surface area (Å²) in [6, 6.07) is 8.80. The molecule has 1 aromatic rings. The Hall–Kier alpha value is -1.35. The topological polar surface area (TPSA) is 32.3 Å². The van der Waals surface area contributed by atoms with Crippen LogP contribution >= 0.6 is 0 Å². The van der Waals surface area contributed by atoms with Crippen LogP contribution in [0.25, 0.3) is 0 Å². The minimum absolute atomic E-state index is 0.268. The maximum atomic E-state index is 13.1. The largest absolute Gasteiger partial charge is 0.325 e. The maximum absolute atomic E-state index is 13.1. The zero-order valence-corrected chi connectivity index (χ0v) is 13.5. The van der Waals surface area contributed by atoms with E-state index in [1.807, 2.05) is 6.07 Å². The van der Waals surface area contributed by atoms with Crippen molar-refractivity contribution in [1.29, 1.82) is 0 Å². The SMILES string of the molecule is CCCCC[C@H]1N2CCC[C@@H](C2)[C@]12C(=O)Nc1ccccc12. The fourth-order valence-electron chi connectivity index (χ4n) is 5.26. The molecule has 2 fully saturated rings. The van der Waals surface area contributed by atoms with E-state index in [0.29, 0.717) is 12.0 Å². The summed E-state index contributed by atoms with van der Waals surface area (Å²) in [6.07, 6.45) is 7.35. The molecule has 0 radical (unpaired) electrons. The molecule has 4 atom stereocenters. The molecule has 22 heavy (non-hydrogen) atoms. The summed E-state index contributed by atoms with van der Waals surface area (Å²) in [5.41, 5.74) is 2.05. The lowest BCUT2D eigenvalue weighted by atomic mass is 9.67. The molecule has 3 heterocycles. The molecule has 4 rings (SSSR count). The first-order valence-electron chi connectivity index (χ1n) is 8.93. The van der Waals surface area contributed by atoms with Gasteiger partial charge >= 0.3 is 0 Å². The molecule has 1 aromatic carbocycles. The number of anilines is 1.